The molecule has 1 N–H and O–H groups in total. The van der Waals surface area contributed by atoms with E-state index in [2.05, 4.69) is 15.0 Å². The maximum Gasteiger partial charge on any atom is 0.413 e. The number of hydrogen-bond donors (Lipinski definition) is 1. The average molecular weight is 347 g/mol. The van der Waals surface area contributed by atoms with E-state index in [4.69, 9.17) is 4.74 Å². The fraction of sp³-hybridized carbons (Fsp3) is 0.412. The van der Waals surface area contributed by atoms with Crippen LogP contribution >= 0.6 is 0 Å². The minimum absolute atomic E-state index is 0.0756. The van der Waals surface area contributed by atoms with Gasteiger partial charge in [0.25, 0.3) is 5.56 Å². The number of nitrogens with zero attached hydrogens (tertiary/aromatic N) is 2. The summed E-state index contributed by atoms with van der Waals surface area (Å²) in [5.41, 5.74) is 0.257. The largest absolute Gasteiger partial charge is 0.465 e. The summed E-state index contributed by atoms with van der Waals surface area (Å²) >= 11 is 0. The molecule has 8 nitrogen and oxygen atoms in total. The molecule has 2 rings (SSSR count). The summed E-state index contributed by atoms with van der Waals surface area (Å²) in [4.78, 5) is 40.6. The first-order valence-electron chi connectivity index (χ1n) is 7.94. The molecule has 0 aliphatic heterocycles. The van der Waals surface area contributed by atoms with E-state index in [1.165, 1.54) is 29.9 Å². The maximum absolute atomic E-state index is 12.8. The first kappa shape index (κ1) is 18.4. The predicted molar refractivity (Wildman–Crippen MR) is 92.8 cm³/mol. The van der Waals surface area contributed by atoms with Crippen LogP contribution in [0, 0.1) is 5.92 Å². The van der Waals surface area contributed by atoms with Gasteiger partial charge in [-0.1, -0.05) is 13.8 Å². The van der Waals surface area contributed by atoms with E-state index in [9.17, 15) is 14.4 Å². The fourth-order valence-electron chi connectivity index (χ4n) is 2.35. The standard InChI is InChI=1S/C17H21N3O5/c1-5-25-17(23)19-16-18-13-8-11(15(22)24-4)6-7-12(13)14(21)20(16)9-10(2)3/h6-8,10H,5,9H2,1-4H3,(H,18,19,23). The third kappa shape index (κ3) is 4.14. The van der Waals surface area contributed by atoms with E-state index < -0.39 is 12.1 Å². The van der Waals surface area contributed by atoms with Crippen molar-refractivity contribution in [1.82, 2.24) is 9.55 Å². The number of benzene rings is 1. The Morgan fingerprint density at radius 3 is 2.64 bits per heavy atom. The van der Waals surface area contributed by atoms with Gasteiger partial charge in [0.1, 0.15) is 0 Å². The second-order valence-corrected chi connectivity index (χ2v) is 5.81. The molecule has 25 heavy (non-hydrogen) atoms. The van der Waals surface area contributed by atoms with Gasteiger partial charge in [-0.05, 0) is 31.0 Å². The zero-order valence-electron chi connectivity index (χ0n) is 14.7. The van der Waals surface area contributed by atoms with E-state index in [-0.39, 0.29) is 29.6 Å². The molecule has 0 bridgehead atoms. The van der Waals surface area contributed by atoms with Crippen molar-refractivity contribution < 1.29 is 19.1 Å². The summed E-state index contributed by atoms with van der Waals surface area (Å²) < 4.78 is 10.9. The molecule has 0 saturated carbocycles. The molecule has 1 aromatic carbocycles. The van der Waals surface area contributed by atoms with Crippen LogP contribution in [0.5, 0.6) is 0 Å². The summed E-state index contributed by atoms with van der Waals surface area (Å²) in [6.07, 6.45) is -0.699. The molecule has 2 aromatic rings. The Hall–Kier alpha value is -2.90. The van der Waals surface area contributed by atoms with Crippen LogP contribution in [0.4, 0.5) is 10.7 Å². The van der Waals surface area contributed by atoms with E-state index in [0.717, 1.165) is 0 Å². The highest BCUT2D eigenvalue weighted by molar-refractivity contribution is 5.94. The summed E-state index contributed by atoms with van der Waals surface area (Å²) in [5, 5.41) is 2.84. The lowest BCUT2D eigenvalue weighted by atomic mass is 10.1. The second-order valence-electron chi connectivity index (χ2n) is 5.81. The Morgan fingerprint density at radius 1 is 1.32 bits per heavy atom. The minimum atomic E-state index is -0.699. The number of hydrogen-bond acceptors (Lipinski definition) is 6. The quantitative estimate of drug-likeness (QED) is 0.834. The molecule has 0 unspecified atom stereocenters. The highest BCUT2D eigenvalue weighted by atomic mass is 16.5. The van der Waals surface area contributed by atoms with Crippen molar-refractivity contribution in [3.8, 4) is 0 Å². The van der Waals surface area contributed by atoms with Crippen LogP contribution in [0.3, 0.4) is 0 Å². The molecule has 1 amide bonds. The Morgan fingerprint density at radius 2 is 2.04 bits per heavy atom. The predicted octanol–water partition coefficient (Wildman–Crippen LogP) is 2.41. The number of ether oxygens (including phenoxy) is 2. The van der Waals surface area contributed by atoms with Crippen LogP contribution in [0.25, 0.3) is 10.9 Å². The van der Waals surface area contributed by atoms with Gasteiger partial charge in [-0.15, -0.1) is 0 Å². The van der Waals surface area contributed by atoms with E-state index in [1.807, 2.05) is 13.8 Å². The van der Waals surface area contributed by atoms with E-state index >= 15 is 0 Å². The lowest BCUT2D eigenvalue weighted by Gasteiger charge is -2.15. The Balaban J connectivity index is 2.62. The van der Waals surface area contributed by atoms with Gasteiger partial charge in [-0.2, -0.15) is 0 Å². The van der Waals surface area contributed by atoms with E-state index in [0.29, 0.717) is 17.4 Å². The maximum atomic E-state index is 12.8. The van der Waals surface area contributed by atoms with Gasteiger partial charge < -0.3 is 9.47 Å². The molecule has 0 radical (unpaired) electrons. The molecule has 1 heterocycles. The number of rotatable bonds is 5. The van der Waals surface area contributed by atoms with Crippen molar-refractivity contribution in [2.45, 2.75) is 27.3 Å². The smallest absolute Gasteiger partial charge is 0.413 e. The normalized spacial score (nSPS) is 10.8. The van der Waals surface area contributed by atoms with Gasteiger partial charge in [0.2, 0.25) is 5.95 Å². The van der Waals surface area contributed by atoms with Crippen LogP contribution < -0.4 is 10.9 Å². The summed E-state index contributed by atoms with van der Waals surface area (Å²) in [6, 6.07) is 4.50. The second kappa shape index (κ2) is 7.78. The molecule has 0 atom stereocenters. The summed E-state index contributed by atoms with van der Waals surface area (Å²) in [5.74, 6) is -0.296. The summed E-state index contributed by atoms with van der Waals surface area (Å²) in [7, 11) is 1.27. The molecule has 0 fully saturated rings. The topological polar surface area (TPSA) is 99.5 Å². The first-order chi connectivity index (χ1) is 11.9. The molecular formula is C17H21N3O5. The molecule has 0 saturated heterocycles. The Labute approximate surface area is 144 Å². The molecular weight excluding hydrogens is 326 g/mol. The summed E-state index contributed by atoms with van der Waals surface area (Å²) in [6.45, 7) is 6.15. The lowest BCUT2D eigenvalue weighted by Crippen LogP contribution is -2.29. The van der Waals surface area contributed by atoms with Crippen molar-refractivity contribution in [1.29, 1.82) is 0 Å². The molecule has 0 aliphatic rings. The van der Waals surface area contributed by atoms with Gasteiger partial charge in [0, 0.05) is 6.54 Å². The number of anilines is 1. The van der Waals surface area contributed by atoms with Gasteiger partial charge >= 0.3 is 12.1 Å². The lowest BCUT2D eigenvalue weighted by molar-refractivity contribution is 0.0601. The SMILES string of the molecule is CCOC(=O)Nc1nc2cc(C(=O)OC)ccc2c(=O)n1CC(C)C. The third-order valence-electron chi connectivity index (χ3n) is 3.41. The molecule has 0 spiro atoms. The number of methoxy groups -OCH3 is 1. The monoisotopic (exact) mass is 347 g/mol. The van der Waals surface area contributed by atoms with Crippen LogP contribution in [0.2, 0.25) is 0 Å². The van der Waals surface area contributed by atoms with Gasteiger partial charge in [0.15, 0.2) is 0 Å². The Bertz CT molecular complexity index is 857. The zero-order valence-corrected chi connectivity index (χ0v) is 14.7. The van der Waals surface area contributed by atoms with Crippen molar-refractivity contribution in [2.75, 3.05) is 19.0 Å². The van der Waals surface area contributed by atoms with Crippen LogP contribution in [-0.4, -0.2) is 35.3 Å². The number of amides is 1. The van der Waals surface area contributed by atoms with Crippen molar-refractivity contribution >= 4 is 28.9 Å². The van der Waals surface area contributed by atoms with Gasteiger partial charge in [-0.3, -0.25) is 14.7 Å². The van der Waals surface area contributed by atoms with Crippen LogP contribution in [0.15, 0.2) is 23.0 Å². The fourth-order valence-corrected chi connectivity index (χ4v) is 2.35. The van der Waals surface area contributed by atoms with E-state index in [1.54, 1.807) is 6.92 Å². The molecule has 0 aliphatic carbocycles. The van der Waals surface area contributed by atoms with Crippen molar-refractivity contribution in [2.24, 2.45) is 5.92 Å². The first-order valence-corrected chi connectivity index (χ1v) is 7.94. The zero-order chi connectivity index (χ0) is 18.6. The molecule has 1 aromatic heterocycles. The number of carbonyl (C=O) groups is 2. The van der Waals surface area contributed by atoms with Gasteiger partial charge in [-0.25, -0.2) is 14.6 Å². The Kier molecular flexibility index (Phi) is 5.74. The van der Waals surface area contributed by atoms with Crippen LogP contribution in [-0.2, 0) is 16.0 Å². The van der Waals surface area contributed by atoms with Gasteiger partial charge in [0.05, 0.1) is 30.2 Å². The number of carbonyl (C=O) groups excluding carboxylic acids is 2. The minimum Gasteiger partial charge on any atom is -0.465 e. The molecule has 8 heteroatoms. The molecule has 134 valence electrons. The highest BCUT2D eigenvalue weighted by Crippen LogP contribution is 2.16. The average Bonchev–Trinajstić information content (AvgIpc) is 2.57. The highest BCUT2D eigenvalue weighted by Gasteiger charge is 2.16. The third-order valence-corrected chi connectivity index (χ3v) is 3.41. The van der Waals surface area contributed by atoms with Crippen molar-refractivity contribution in [3.63, 3.8) is 0 Å². The number of fused-ring (bicyclic) bond motifs is 1. The van der Waals surface area contributed by atoms with Crippen molar-refractivity contribution in [3.05, 3.63) is 34.1 Å². The van der Waals surface area contributed by atoms with Crippen LogP contribution in [0.1, 0.15) is 31.1 Å². The number of aromatic nitrogens is 2. The number of esters is 1. The number of nitrogens with one attached hydrogen (secondary N) is 1.